The maximum Gasteiger partial charge on any atom is 0.176 e. The zero-order valence-corrected chi connectivity index (χ0v) is 13.0. The lowest BCUT2D eigenvalue weighted by molar-refractivity contribution is 0.0777. The van der Waals surface area contributed by atoms with Gasteiger partial charge in [-0.1, -0.05) is 29.6 Å². The third-order valence-electron chi connectivity index (χ3n) is 4.70. The molecule has 0 spiro atoms. The van der Waals surface area contributed by atoms with Crippen LogP contribution in [-0.4, -0.2) is 29.8 Å². The molecule has 2 atom stereocenters. The van der Waals surface area contributed by atoms with Crippen LogP contribution in [0.5, 0.6) is 0 Å². The summed E-state index contributed by atoms with van der Waals surface area (Å²) in [5.74, 6) is 0.960. The minimum absolute atomic E-state index is 0.149. The Labute approximate surface area is 130 Å². The minimum Gasteiger partial charge on any atom is -0.293 e. The van der Waals surface area contributed by atoms with E-state index in [2.05, 4.69) is 4.90 Å². The molecule has 1 saturated heterocycles. The van der Waals surface area contributed by atoms with Crippen molar-refractivity contribution in [2.75, 3.05) is 13.1 Å². The standard InChI is InChI=1S/C16H19Cl2NO/c17-13-7-6-12(9-14(13)18)16(20)10-19-8-2-4-11-3-1-5-15(11)19/h6-7,9,11,15H,1-5,8,10H2. The van der Waals surface area contributed by atoms with E-state index < -0.39 is 0 Å². The molecule has 108 valence electrons. The molecule has 0 bridgehead atoms. The van der Waals surface area contributed by atoms with Gasteiger partial charge in [-0.25, -0.2) is 0 Å². The monoisotopic (exact) mass is 311 g/mol. The number of carbonyl (C=O) groups excluding carboxylic acids is 1. The lowest BCUT2D eigenvalue weighted by atomic mass is 9.91. The largest absolute Gasteiger partial charge is 0.293 e. The summed E-state index contributed by atoms with van der Waals surface area (Å²) in [5.41, 5.74) is 0.666. The highest BCUT2D eigenvalue weighted by atomic mass is 35.5. The van der Waals surface area contributed by atoms with E-state index >= 15 is 0 Å². The molecule has 2 fully saturated rings. The van der Waals surface area contributed by atoms with Gasteiger partial charge in [-0.05, 0) is 56.3 Å². The van der Waals surface area contributed by atoms with Gasteiger partial charge in [0.2, 0.25) is 0 Å². The normalized spacial score (nSPS) is 26.5. The fourth-order valence-electron chi connectivity index (χ4n) is 3.70. The quantitative estimate of drug-likeness (QED) is 0.769. The van der Waals surface area contributed by atoms with E-state index in [0.29, 0.717) is 28.2 Å². The van der Waals surface area contributed by atoms with Crippen LogP contribution >= 0.6 is 23.2 Å². The summed E-state index contributed by atoms with van der Waals surface area (Å²) in [5, 5.41) is 0.951. The molecule has 0 aromatic heterocycles. The van der Waals surface area contributed by atoms with Crippen molar-refractivity contribution in [1.29, 1.82) is 0 Å². The van der Waals surface area contributed by atoms with Crippen LogP contribution in [-0.2, 0) is 0 Å². The second kappa shape index (κ2) is 6.05. The molecule has 2 aliphatic rings. The number of piperidine rings is 1. The molecule has 4 heteroatoms. The maximum atomic E-state index is 12.4. The summed E-state index contributed by atoms with van der Waals surface area (Å²) in [4.78, 5) is 14.8. The summed E-state index contributed by atoms with van der Waals surface area (Å²) in [6.07, 6.45) is 6.45. The smallest absolute Gasteiger partial charge is 0.176 e. The lowest BCUT2D eigenvalue weighted by Crippen LogP contribution is -2.45. The third-order valence-corrected chi connectivity index (χ3v) is 5.44. The molecular weight excluding hydrogens is 293 g/mol. The summed E-state index contributed by atoms with van der Waals surface area (Å²) in [6, 6.07) is 5.77. The summed E-state index contributed by atoms with van der Waals surface area (Å²) < 4.78 is 0. The zero-order chi connectivity index (χ0) is 14.1. The number of halogens is 2. The Morgan fingerprint density at radius 2 is 1.95 bits per heavy atom. The van der Waals surface area contributed by atoms with Crippen LogP contribution < -0.4 is 0 Å². The molecular formula is C16H19Cl2NO. The van der Waals surface area contributed by atoms with Crippen LogP contribution in [0, 0.1) is 5.92 Å². The van der Waals surface area contributed by atoms with Crippen LogP contribution in [0.1, 0.15) is 42.5 Å². The Morgan fingerprint density at radius 3 is 2.75 bits per heavy atom. The van der Waals surface area contributed by atoms with E-state index in [1.807, 2.05) is 0 Å². The molecule has 1 aromatic rings. The molecule has 3 rings (SSSR count). The highest BCUT2D eigenvalue weighted by molar-refractivity contribution is 6.42. The van der Waals surface area contributed by atoms with Gasteiger partial charge in [0.1, 0.15) is 0 Å². The average Bonchev–Trinajstić information content (AvgIpc) is 2.91. The Hall–Kier alpha value is -0.570. The van der Waals surface area contributed by atoms with Gasteiger partial charge < -0.3 is 0 Å². The highest BCUT2D eigenvalue weighted by Gasteiger charge is 2.35. The SMILES string of the molecule is O=C(CN1CCCC2CCCC21)c1ccc(Cl)c(Cl)c1. The number of likely N-dealkylation sites (tertiary alicyclic amines) is 1. The number of fused-ring (bicyclic) bond motifs is 1. The predicted octanol–water partition coefficient (Wildman–Crippen LogP) is 4.44. The number of carbonyl (C=O) groups is 1. The first kappa shape index (κ1) is 14.4. The van der Waals surface area contributed by atoms with Gasteiger partial charge >= 0.3 is 0 Å². The van der Waals surface area contributed by atoms with Gasteiger partial charge in [0.05, 0.1) is 16.6 Å². The van der Waals surface area contributed by atoms with Crippen LogP contribution in [0.3, 0.4) is 0 Å². The van der Waals surface area contributed by atoms with Crippen LogP contribution in [0.15, 0.2) is 18.2 Å². The van der Waals surface area contributed by atoms with Crippen LogP contribution in [0.25, 0.3) is 0 Å². The van der Waals surface area contributed by atoms with E-state index in [-0.39, 0.29) is 5.78 Å². The highest BCUT2D eigenvalue weighted by Crippen LogP contribution is 2.36. The fourth-order valence-corrected chi connectivity index (χ4v) is 4.00. The molecule has 1 heterocycles. The second-order valence-corrected chi connectivity index (χ2v) is 6.74. The van der Waals surface area contributed by atoms with Crippen LogP contribution in [0.2, 0.25) is 10.0 Å². The second-order valence-electron chi connectivity index (χ2n) is 5.92. The first-order chi connectivity index (χ1) is 9.65. The summed E-state index contributed by atoms with van der Waals surface area (Å²) in [7, 11) is 0. The molecule has 1 saturated carbocycles. The Balaban J connectivity index is 1.70. The fraction of sp³-hybridized carbons (Fsp3) is 0.562. The molecule has 2 nitrogen and oxygen atoms in total. The molecule has 1 aliphatic heterocycles. The van der Waals surface area contributed by atoms with Gasteiger partial charge in [-0.15, -0.1) is 0 Å². The Morgan fingerprint density at radius 1 is 1.15 bits per heavy atom. The molecule has 1 aromatic carbocycles. The number of nitrogens with zero attached hydrogens (tertiary/aromatic N) is 1. The molecule has 0 N–H and O–H groups in total. The average molecular weight is 312 g/mol. The van der Waals surface area contributed by atoms with Gasteiger partial charge in [0.15, 0.2) is 5.78 Å². The van der Waals surface area contributed by atoms with Gasteiger partial charge in [-0.2, -0.15) is 0 Å². The Kier molecular flexibility index (Phi) is 4.34. The van der Waals surface area contributed by atoms with Crippen LogP contribution in [0.4, 0.5) is 0 Å². The van der Waals surface area contributed by atoms with Crippen molar-refractivity contribution in [3.05, 3.63) is 33.8 Å². The first-order valence-corrected chi connectivity index (χ1v) is 8.13. The molecule has 20 heavy (non-hydrogen) atoms. The molecule has 1 aliphatic carbocycles. The van der Waals surface area contributed by atoms with E-state index in [1.54, 1.807) is 18.2 Å². The number of hydrogen-bond donors (Lipinski definition) is 0. The van der Waals surface area contributed by atoms with Crippen molar-refractivity contribution in [2.45, 2.75) is 38.1 Å². The first-order valence-electron chi connectivity index (χ1n) is 7.37. The lowest BCUT2D eigenvalue weighted by Gasteiger charge is -2.37. The molecule has 2 unspecified atom stereocenters. The van der Waals surface area contributed by atoms with Crippen molar-refractivity contribution in [1.82, 2.24) is 4.90 Å². The summed E-state index contributed by atoms with van der Waals surface area (Å²) in [6.45, 7) is 1.56. The summed E-state index contributed by atoms with van der Waals surface area (Å²) >= 11 is 11.9. The number of ketones is 1. The van der Waals surface area contributed by atoms with Gasteiger partial charge in [-0.3, -0.25) is 9.69 Å². The van der Waals surface area contributed by atoms with Crippen molar-refractivity contribution in [3.8, 4) is 0 Å². The van der Waals surface area contributed by atoms with Crippen molar-refractivity contribution in [2.24, 2.45) is 5.92 Å². The zero-order valence-electron chi connectivity index (χ0n) is 11.4. The molecule has 0 amide bonds. The molecule has 0 radical (unpaired) electrons. The van der Waals surface area contributed by atoms with Gasteiger partial charge in [0, 0.05) is 11.6 Å². The topological polar surface area (TPSA) is 20.3 Å². The van der Waals surface area contributed by atoms with E-state index in [1.165, 1.54) is 32.1 Å². The van der Waals surface area contributed by atoms with E-state index in [0.717, 1.165) is 12.5 Å². The van der Waals surface area contributed by atoms with Crippen molar-refractivity contribution in [3.63, 3.8) is 0 Å². The maximum absolute atomic E-state index is 12.4. The van der Waals surface area contributed by atoms with Gasteiger partial charge in [0.25, 0.3) is 0 Å². The number of benzene rings is 1. The number of hydrogen-bond acceptors (Lipinski definition) is 2. The van der Waals surface area contributed by atoms with E-state index in [4.69, 9.17) is 23.2 Å². The minimum atomic E-state index is 0.149. The Bertz CT molecular complexity index is 517. The number of Topliss-reactive ketones (excluding diaryl/α,β-unsaturated/α-hetero) is 1. The van der Waals surface area contributed by atoms with Crippen molar-refractivity contribution >= 4 is 29.0 Å². The van der Waals surface area contributed by atoms with Crippen molar-refractivity contribution < 1.29 is 4.79 Å². The number of rotatable bonds is 3. The van der Waals surface area contributed by atoms with E-state index in [9.17, 15) is 4.79 Å². The third kappa shape index (κ3) is 2.88. The predicted molar refractivity (Wildman–Crippen MR) is 82.7 cm³/mol.